The number of allylic oxidation sites excluding steroid dienone is 11. The van der Waals surface area contributed by atoms with Crippen LogP contribution in [0.1, 0.15) is 53.9 Å². The molecule has 0 unspecified atom stereocenters. The van der Waals surface area contributed by atoms with Crippen molar-refractivity contribution >= 4 is 40.8 Å². The molecule has 0 aromatic heterocycles. The number of ether oxygens (including phenoxy) is 3. The molecule has 0 aromatic carbocycles. The SMILES string of the molecule is CCC1=C(C)C2=CC3=NC(=C(C)C/3=C/C=C/[O-])/C(=C/[O-])C3=NC(=C(C(=O)OC)C4=NC(=CC1=N2)C(C)=C4C(=O)OC)[C@@H](CCC(=O)OC)[C@@H]3C.[Ni+2]. The summed E-state index contributed by atoms with van der Waals surface area (Å²) in [6.45, 7) is 9.30. The molecule has 0 amide bonds. The Kier molecular flexibility index (Phi) is 12.0. The summed E-state index contributed by atoms with van der Waals surface area (Å²) in [5.41, 5.74) is 6.64. The van der Waals surface area contributed by atoms with E-state index in [9.17, 15) is 24.6 Å². The van der Waals surface area contributed by atoms with Crippen LogP contribution in [0.25, 0.3) is 0 Å². The Morgan fingerprint density at radius 1 is 0.824 bits per heavy atom. The van der Waals surface area contributed by atoms with Crippen LogP contribution in [0.2, 0.25) is 0 Å². The predicted molar refractivity (Wildman–Crippen MR) is 185 cm³/mol. The van der Waals surface area contributed by atoms with E-state index in [4.69, 9.17) is 34.2 Å². The van der Waals surface area contributed by atoms with Crippen molar-refractivity contribution < 1.29 is 55.3 Å². The minimum absolute atomic E-state index is 0. The predicted octanol–water partition coefficient (Wildman–Crippen LogP) is 3.75. The number of hydrogen-bond donors (Lipinski definition) is 0. The first-order chi connectivity index (χ1) is 23.9. The van der Waals surface area contributed by atoms with Gasteiger partial charge in [-0.2, -0.15) is 0 Å². The van der Waals surface area contributed by atoms with Gasteiger partial charge in [-0.05, 0) is 68.1 Å². The number of nitrogens with zero attached hydrogens (tertiary/aromatic N) is 4. The van der Waals surface area contributed by atoms with Gasteiger partial charge in [0.1, 0.15) is 5.57 Å². The van der Waals surface area contributed by atoms with Crippen LogP contribution in [-0.2, 0) is 45.1 Å². The third kappa shape index (κ3) is 6.82. The normalized spacial score (nSPS) is 23.0. The van der Waals surface area contributed by atoms with Gasteiger partial charge in [0.05, 0.1) is 72.5 Å². The molecule has 268 valence electrons. The maximum Gasteiger partial charge on any atom is 2.00 e. The van der Waals surface area contributed by atoms with Gasteiger partial charge in [0, 0.05) is 29.4 Å². The molecule has 5 rings (SSSR count). The van der Waals surface area contributed by atoms with E-state index < -0.39 is 29.7 Å². The topological polar surface area (TPSA) is 174 Å². The number of aliphatic imine (C=N–C) groups is 4. The van der Waals surface area contributed by atoms with Crippen LogP contribution in [0.4, 0.5) is 0 Å². The van der Waals surface area contributed by atoms with Crippen molar-refractivity contribution in [3.8, 4) is 0 Å². The molecule has 51 heavy (non-hydrogen) atoms. The van der Waals surface area contributed by atoms with Gasteiger partial charge < -0.3 is 24.4 Å². The van der Waals surface area contributed by atoms with Gasteiger partial charge in [-0.1, -0.05) is 26.0 Å². The van der Waals surface area contributed by atoms with Crippen LogP contribution in [0.3, 0.4) is 0 Å². The Hall–Kier alpha value is -5.16. The summed E-state index contributed by atoms with van der Waals surface area (Å²) < 4.78 is 15.4. The van der Waals surface area contributed by atoms with Crippen LogP contribution in [0.5, 0.6) is 0 Å². The molecule has 5 heterocycles. The van der Waals surface area contributed by atoms with Gasteiger partial charge in [0.2, 0.25) is 0 Å². The van der Waals surface area contributed by atoms with E-state index >= 15 is 0 Å². The molecule has 8 bridgehead atoms. The molecule has 12 nitrogen and oxygen atoms in total. The third-order valence-electron chi connectivity index (χ3n) is 9.56. The average molecular weight is 737 g/mol. The van der Waals surface area contributed by atoms with Crippen molar-refractivity contribution in [1.29, 1.82) is 0 Å². The van der Waals surface area contributed by atoms with Gasteiger partial charge in [-0.25, -0.2) is 24.6 Å². The fourth-order valence-electron chi connectivity index (χ4n) is 6.85. The van der Waals surface area contributed by atoms with E-state index in [1.54, 1.807) is 26.0 Å². The number of hydrogen-bond acceptors (Lipinski definition) is 12. The second-order valence-corrected chi connectivity index (χ2v) is 12.1. The van der Waals surface area contributed by atoms with Gasteiger partial charge in [0.25, 0.3) is 0 Å². The Morgan fingerprint density at radius 3 is 2.08 bits per heavy atom. The number of methoxy groups -OCH3 is 3. The number of carbonyl (C=O) groups excluding carboxylic acids is 3. The van der Waals surface area contributed by atoms with E-state index in [1.165, 1.54) is 27.4 Å². The average Bonchev–Trinajstić information content (AvgIpc) is 3.80. The molecule has 0 saturated heterocycles. The summed E-state index contributed by atoms with van der Waals surface area (Å²) in [5.74, 6) is -3.13. The second kappa shape index (κ2) is 15.8. The summed E-state index contributed by atoms with van der Waals surface area (Å²) in [5, 5.41) is 24.5. The molecule has 0 saturated carbocycles. The molecule has 0 radical (unpaired) electrons. The molecular weight excluding hydrogens is 699 g/mol. The van der Waals surface area contributed by atoms with Crippen molar-refractivity contribution in [3.05, 3.63) is 104 Å². The van der Waals surface area contributed by atoms with E-state index in [-0.39, 0.29) is 57.5 Å². The van der Waals surface area contributed by atoms with Crippen LogP contribution in [-0.4, -0.2) is 62.1 Å². The number of fused-ring (bicyclic) bond motifs is 4. The van der Waals surface area contributed by atoms with Gasteiger partial charge in [-0.15, -0.1) is 12.5 Å². The van der Waals surface area contributed by atoms with E-state index in [0.29, 0.717) is 69.9 Å². The zero-order valence-electron chi connectivity index (χ0n) is 29.6. The van der Waals surface area contributed by atoms with Crippen molar-refractivity contribution in [2.75, 3.05) is 21.3 Å². The number of rotatable bonds is 7. The quantitative estimate of drug-likeness (QED) is 0.164. The molecule has 0 fully saturated rings. The molecule has 0 aromatic rings. The molecule has 0 N–H and O–H groups in total. The van der Waals surface area contributed by atoms with Crippen LogP contribution in [0, 0.1) is 11.8 Å². The van der Waals surface area contributed by atoms with Crippen molar-refractivity contribution in [3.63, 3.8) is 0 Å². The van der Waals surface area contributed by atoms with Crippen LogP contribution < -0.4 is 10.2 Å². The van der Waals surface area contributed by atoms with Crippen molar-refractivity contribution in [2.24, 2.45) is 31.8 Å². The summed E-state index contributed by atoms with van der Waals surface area (Å²) in [7, 11) is 3.73. The zero-order chi connectivity index (χ0) is 36.4. The fraction of sp³-hybridized carbons (Fsp3) is 0.342. The smallest absolute Gasteiger partial charge is 0.878 e. The minimum Gasteiger partial charge on any atom is -0.878 e. The maximum atomic E-state index is 13.8. The Labute approximate surface area is 306 Å². The minimum atomic E-state index is -0.817. The molecule has 13 heteroatoms. The fourth-order valence-corrected chi connectivity index (χ4v) is 6.85. The molecule has 5 aliphatic rings. The van der Waals surface area contributed by atoms with E-state index in [0.717, 1.165) is 11.1 Å². The zero-order valence-corrected chi connectivity index (χ0v) is 30.6. The van der Waals surface area contributed by atoms with Crippen molar-refractivity contribution in [1.82, 2.24) is 0 Å². The first-order valence-corrected chi connectivity index (χ1v) is 16.2. The summed E-state index contributed by atoms with van der Waals surface area (Å²) in [6, 6.07) is 0. The first kappa shape index (κ1) is 38.6. The molecule has 0 spiro atoms. The van der Waals surface area contributed by atoms with E-state index in [2.05, 4.69) is 0 Å². The number of carbonyl (C=O) groups is 3. The Balaban J connectivity index is 0.00000583. The maximum absolute atomic E-state index is 13.8. The molecule has 2 atom stereocenters. The summed E-state index contributed by atoms with van der Waals surface area (Å²) in [6.07, 6.45) is 8.71. The Bertz CT molecular complexity index is 2010. The van der Waals surface area contributed by atoms with Crippen LogP contribution >= 0.6 is 0 Å². The summed E-state index contributed by atoms with van der Waals surface area (Å²) >= 11 is 0. The second-order valence-electron chi connectivity index (χ2n) is 12.1. The largest absolute Gasteiger partial charge is 2.00 e. The third-order valence-corrected chi connectivity index (χ3v) is 9.56. The molecular formula is C38H38N4NiO8. The van der Waals surface area contributed by atoms with Crippen LogP contribution in [0.15, 0.2) is 124 Å². The van der Waals surface area contributed by atoms with E-state index in [1.807, 2.05) is 26.8 Å². The summed E-state index contributed by atoms with van der Waals surface area (Å²) in [4.78, 5) is 59.2. The van der Waals surface area contributed by atoms with Crippen molar-refractivity contribution in [2.45, 2.75) is 53.9 Å². The monoisotopic (exact) mass is 736 g/mol. The molecule has 5 aliphatic heterocycles. The number of esters is 3. The standard InChI is InChI=1S/C38H40N4O8.Ni/c1-9-22-18(2)26-15-29-23(11-10-14-43)19(3)33(41-29)25(17-44)34-20(4)24(12-13-30(45)48-6)35(42-34)32(38(47)50-8)36-31(37(46)49-7)21(5)27(40-36)16-28(22)39-26;/h10-11,14-17,20,24,43-44H,9,12-13H2,1-8H3;/q;+2/p-2/b14-10+,23-11-,25-17-,26-15?,27-16?,35-32?;/t20-,24-;/m0./s1. The molecule has 0 aliphatic carbocycles. The Morgan fingerprint density at radius 2 is 1.47 bits per heavy atom. The van der Waals surface area contributed by atoms with Gasteiger partial charge >= 0.3 is 34.4 Å². The van der Waals surface area contributed by atoms with Gasteiger partial charge in [-0.3, -0.25) is 9.79 Å². The first-order valence-electron chi connectivity index (χ1n) is 16.2. The van der Waals surface area contributed by atoms with Gasteiger partial charge in [0.15, 0.2) is 0 Å².